The highest BCUT2D eigenvalue weighted by molar-refractivity contribution is 8.01. The molecule has 6 nitrogen and oxygen atoms in total. The molecule has 2 heterocycles. The van der Waals surface area contributed by atoms with Crippen LogP contribution in [0.1, 0.15) is 18.4 Å². The fourth-order valence-electron chi connectivity index (χ4n) is 2.21. The molecule has 1 aromatic carbocycles. The summed E-state index contributed by atoms with van der Waals surface area (Å²) < 4.78 is 0.833. The van der Waals surface area contributed by atoms with Crippen molar-refractivity contribution < 1.29 is 9.59 Å². The Morgan fingerprint density at radius 1 is 1.13 bits per heavy atom. The third-order valence-corrected chi connectivity index (χ3v) is 5.38. The molecule has 3 rings (SSSR count). The second-order valence-electron chi connectivity index (χ2n) is 5.00. The Hall–Kier alpha value is -1.93. The van der Waals surface area contributed by atoms with Crippen LogP contribution in [0.3, 0.4) is 0 Å². The maximum atomic E-state index is 11.5. The third-order valence-electron chi connectivity index (χ3n) is 3.39. The van der Waals surface area contributed by atoms with Gasteiger partial charge in [0.15, 0.2) is 4.34 Å². The molecule has 1 aliphatic rings. The van der Waals surface area contributed by atoms with E-state index in [1.54, 1.807) is 0 Å². The Morgan fingerprint density at radius 2 is 1.87 bits per heavy atom. The number of thioether (sulfide) groups is 1. The number of rotatable bonds is 7. The van der Waals surface area contributed by atoms with Crippen LogP contribution >= 0.6 is 23.1 Å². The first-order valence-corrected chi connectivity index (χ1v) is 9.10. The van der Waals surface area contributed by atoms with Gasteiger partial charge in [-0.25, -0.2) is 0 Å². The summed E-state index contributed by atoms with van der Waals surface area (Å²) in [7, 11) is 0. The molecule has 0 bridgehead atoms. The molecule has 23 heavy (non-hydrogen) atoms. The van der Waals surface area contributed by atoms with Gasteiger partial charge >= 0.3 is 0 Å². The van der Waals surface area contributed by atoms with Crippen molar-refractivity contribution >= 4 is 40.0 Å². The van der Waals surface area contributed by atoms with Crippen LogP contribution in [0.2, 0.25) is 0 Å². The number of carbonyl (C=O) groups excluding carboxylic acids is 2. The summed E-state index contributed by atoms with van der Waals surface area (Å²) >= 11 is 2.99. The van der Waals surface area contributed by atoms with Gasteiger partial charge in [0.2, 0.25) is 16.9 Å². The fraction of sp³-hybridized carbons (Fsp3) is 0.333. The average Bonchev–Trinajstić information content (AvgIpc) is 3.15. The van der Waals surface area contributed by atoms with Crippen LogP contribution < -0.4 is 5.32 Å². The van der Waals surface area contributed by atoms with E-state index in [1.165, 1.54) is 33.6 Å². The van der Waals surface area contributed by atoms with Crippen LogP contribution in [0.15, 0.2) is 34.7 Å². The zero-order valence-electron chi connectivity index (χ0n) is 12.4. The van der Waals surface area contributed by atoms with E-state index in [9.17, 15) is 9.59 Å². The van der Waals surface area contributed by atoms with Gasteiger partial charge in [0.1, 0.15) is 0 Å². The second-order valence-corrected chi connectivity index (χ2v) is 7.32. The predicted octanol–water partition coefficient (Wildman–Crippen LogP) is 2.39. The summed E-state index contributed by atoms with van der Waals surface area (Å²) in [5, 5.41) is 12.2. The van der Waals surface area contributed by atoms with Gasteiger partial charge in [-0.15, -0.1) is 10.2 Å². The van der Waals surface area contributed by atoms with Gasteiger partial charge in [-0.3, -0.25) is 14.5 Å². The van der Waals surface area contributed by atoms with E-state index in [1.807, 2.05) is 30.3 Å². The van der Waals surface area contributed by atoms with E-state index in [2.05, 4.69) is 15.5 Å². The highest BCUT2D eigenvalue weighted by atomic mass is 32.2. The number of anilines is 1. The highest BCUT2D eigenvalue weighted by Gasteiger charge is 2.28. The van der Waals surface area contributed by atoms with E-state index in [4.69, 9.17) is 0 Å². The van der Waals surface area contributed by atoms with Crippen molar-refractivity contribution in [3.63, 3.8) is 0 Å². The van der Waals surface area contributed by atoms with E-state index < -0.39 is 0 Å². The first-order valence-electron chi connectivity index (χ1n) is 7.29. The number of likely N-dealkylation sites (tertiary alicyclic amines) is 1. The van der Waals surface area contributed by atoms with Gasteiger partial charge in [0.25, 0.3) is 0 Å². The summed E-state index contributed by atoms with van der Waals surface area (Å²) in [6.45, 7) is 1.14. The highest BCUT2D eigenvalue weighted by Crippen LogP contribution is 2.26. The number of nitrogens with one attached hydrogen (secondary N) is 1. The summed E-state index contributed by atoms with van der Waals surface area (Å²) in [4.78, 5) is 24.4. The largest absolute Gasteiger partial charge is 0.356 e. The molecule has 8 heteroatoms. The first kappa shape index (κ1) is 15.9. The van der Waals surface area contributed by atoms with Crippen LogP contribution in [0.25, 0.3) is 0 Å². The minimum atomic E-state index is -0.0712. The lowest BCUT2D eigenvalue weighted by Crippen LogP contribution is -2.31. The molecule has 120 valence electrons. The van der Waals surface area contributed by atoms with Crippen molar-refractivity contribution in [1.29, 1.82) is 0 Å². The Balaban J connectivity index is 1.44. The van der Waals surface area contributed by atoms with Gasteiger partial charge < -0.3 is 5.32 Å². The number of hydrogen-bond donors (Lipinski definition) is 1. The van der Waals surface area contributed by atoms with Crippen LogP contribution in [-0.2, 0) is 16.1 Å². The normalized spacial score (nSPS) is 14.5. The number of benzene rings is 1. The van der Waals surface area contributed by atoms with Crippen molar-refractivity contribution in [2.24, 2.45) is 0 Å². The van der Waals surface area contributed by atoms with E-state index >= 15 is 0 Å². The standard InChI is InChI=1S/C15H16N4O2S2/c20-12-6-7-13(21)19(12)8-9-22-15-18-17-14(23-15)16-10-11-4-2-1-3-5-11/h1-5H,6-10H2,(H,16,17). The number of imide groups is 1. The average molecular weight is 348 g/mol. The van der Waals surface area contributed by atoms with Crippen molar-refractivity contribution in [3.8, 4) is 0 Å². The van der Waals surface area contributed by atoms with Crippen molar-refractivity contribution in [3.05, 3.63) is 35.9 Å². The van der Waals surface area contributed by atoms with Gasteiger partial charge in [-0.2, -0.15) is 0 Å². The predicted molar refractivity (Wildman–Crippen MR) is 90.4 cm³/mol. The van der Waals surface area contributed by atoms with Crippen molar-refractivity contribution in [2.75, 3.05) is 17.6 Å². The molecule has 0 atom stereocenters. The molecule has 1 aromatic heterocycles. The molecule has 0 aliphatic carbocycles. The quantitative estimate of drug-likeness (QED) is 0.612. The summed E-state index contributed by atoms with van der Waals surface area (Å²) in [5.74, 6) is 0.501. The molecule has 1 saturated heterocycles. The number of nitrogens with zero attached hydrogens (tertiary/aromatic N) is 3. The lowest BCUT2D eigenvalue weighted by Gasteiger charge is -2.11. The fourth-order valence-corrected chi connectivity index (χ4v) is 3.95. The lowest BCUT2D eigenvalue weighted by molar-refractivity contribution is -0.137. The van der Waals surface area contributed by atoms with Crippen LogP contribution in [0.4, 0.5) is 5.13 Å². The van der Waals surface area contributed by atoms with Gasteiger partial charge in [0, 0.05) is 31.7 Å². The Bertz CT molecular complexity index is 674. The molecule has 2 aromatic rings. The van der Waals surface area contributed by atoms with Crippen molar-refractivity contribution in [1.82, 2.24) is 15.1 Å². The number of aromatic nitrogens is 2. The molecule has 2 amide bonds. The molecule has 0 saturated carbocycles. The summed E-state index contributed by atoms with van der Waals surface area (Å²) in [5.41, 5.74) is 1.18. The van der Waals surface area contributed by atoms with E-state index in [0.717, 1.165) is 9.47 Å². The molecular weight excluding hydrogens is 332 g/mol. The van der Waals surface area contributed by atoms with Crippen LogP contribution in [0, 0.1) is 0 Å². The monoisotopic (exact) mass is 348 g/mol. The van der Waals surface area contributed by atoms with Crippen LogP contribution in [0.5, 0.6) is 0 Å². The Kier molecular flexibility index (Phi) is 5.24. The van der Waals surface area contributed by atoms with Crippen molar-refractivity contribution in [2.45, 2.75) is 23.7 Å². The zero-order valence-corrected chi connectivity index (χ0v) is 14.0. The molecule has 0 radical (unpaired) electrons. The minimum Gasteiger partial charge on any atom is -0.356 e. The smallest absolute Gasteiger partial charge is 0.229 e. The molecule has 0 unspecified atom stereocenters. The van der Waals surface area contributed by atoms with Gasteiger partial charge in [0.05, 0.1) is 0 Å². The zero-order chi connectivity index (χ0) is 16.1. The Labute approximate surface area is 142 Å². The number of carbonyl (C=O) groups is 2. The van der Waals surface area contributed by atoms with Gasteiger partial charge in [-0.05, 0) is 5.56 Å². The topological polar surface area (TPSA) is 75.2 Å². The lowest BCUT2D eigenvalue weighted by atomic mass is 10.2. The summed E-state index contributed by atoms with van der Waals surface area (Å²) in [6.07, 6.45) is 0.686. The molecule has 1 N–H and O–H groups in total. The molecule has 0 spiro atoms. The first-order chi connectivity index (χ1) is 11.2. The third kappa shape index (κ3) is 4.29. The number of hydrogen-bond acceptors (Lipinski definition) is 7. The van der Waals surface area contributed by atoms with E-state index in [0.29, 0.717) is 31.7 Å². The maximum absolute atomic E-state index is 11.5. The molecular formula is C15H16N4O2S2. The number of amides is 2. The Morgan fingerprint density at radius 3 is 2.61 bits per heavy atom. The molecule has 1 aliphatic heterocycles. The van der Waals surface area contributed by atoms with E-state index in [-0.39, 0.29) is 11.8 Å². The van der Waals surface area contributed by atoms with Crippen LogP contribution in [-0.4, -0.2) is 39.2 Å². The minimum absolute atomic E-state index is 0.0712. The second kappa shape index (κ2) is 7.56. The SMILES string of the molecule is O=C1CCC(=O)N1CCSc1nnc(NCc2ccccc2)s1. The maximum Gasteiger partial charge on any atom is 0.229 e. The molecule has 1 fully saturated rings. The summed E-state index contributed by atoms with van der Waals surface area (Å²) in [6, 6.07) is 10.1. The van der Waals surface area contributed by atoms with Gasteiger partial charge in [-0.1, -0.05) is 53.4 Å².